The lowest BCUT2D eigenvalue weighted by Crippen LogP contribution is -2.31. The number of ketones is 1. The first-order valence-electron chi connectivity index (χ1n) is 12.4. The zero-order chi connectivity index (χ0) is 26.1. The number of carbonyl (C=O) groups excluding carboxylic acids is 4. The van der Waals surface area contributed by atoms with Gasteiger partial charge in [0, 0.05) is 10.6 Å². The second kappa shape index (κ2) is 10.3. The van der Waals surface area contributed by atoms with Crippen LogP contribution in [0.3, 0.4) is 0 Å². The molecule has 0 bridgehead atoms. The fourth-order valence-electron chi connectivity index (χ4n) is 5.36. The van der Waals surface area contributed by atoms with Crippen molar-refractivity contribution >= 4 is 40.9 Å². The topological polar surface area (TPSA) is 80.8 Å². The van der Waals surface area contributed by atoms with E-state index in [4.69, 9.17) is 16.3 Å². The molecular formula is C30H26ClNO5. The Bertz CT molecular complexity index is 1350. The Morgan fingerprint density at radius 3 is 2.30 bits per heavy atom. The maximum Gasteiger partial charge on any atom is 0.338 e. The molecule has 4 atom stereocenters. The molecule has 7 heteroatoms. The van der Waals surface area contributed by atoms with Crippen LogP contribution in [-0.4, -0.2) is 29.7 Å². The fourth-order valence-corrected chi connectivity index (χ4v) is 5.49. The normalized spacial score (nSPS) is 21.9. The molecule has 188 valence electrons. The largest absolute Gasteiger partial charge is 0.451 e. The number of fused-ring (bicyclic) bond motifs is 1. The van der Waals surface area contributed by atoms with E-state index in [1.807, 2.05) is 18.2 Å². The van der Waals surface area contributed by atoms with E-state index in [0.29, 0.717) is 29.1 Å². The number of imide groups is 1. The number of halogens is 1. The van der Waals surface area contributed by atoms with Crippen molar-refractivity contribution in [1.29, 1.82) is 0 Å². The minimum Gasteiger partial charge on any atom is -0.451 e. The van der Waals surface area contributed by atoms with Gasteiger partial charge in [-0.1, -0.05) is 48.0 Å². The monoisotopic (exact) mass is 515 g/mol. The van der Waals surface area contributed by atoms with Crippen molar-refractivity contribution in [1.82, 2.24) is 0 Å². The molecule has 37 heavy (non-hydrogen) atoms. The van der Waals surface area contributed by atoms with E-state index < -0.39 is 12.1 Å². The van der Waals surface area contributed by atoms with E-state index in [2.05, 4.69) is 12.1 Å². The number of amides is 2. The lowest BCUT2D eigenvalue weighted by Gasteiger charge is -2.28. The SMILES string of the molecule is C[C@H](OC(=O)c1cccc(N2C(=O)[C@H]3CC[C@H](c4ccccc4)C[C@@H]3C2=O)c1)C(=O)c1ccc(Cl)cc1. The van der Waals surface area contributed by atoms with Gasteiger partial charge in [-0.15, -0.1) is 0 Å². The molecule has 0 unspecified atom stereocenters. The number of benzene rings is 3. The van der Waals surface area contributed by atoms with Crippen LogP contribution >= 0.6 is 11.6 Å². The van der Waals surface area contributed by atoms with Crippen LogP contribution in [0.5, 0.6) is 0 Å². The van der Waals surface area contributed by atoms with Gasteiger partial charge < -0.3 is 4.74 Å². The molecule has 5 rings (SSSR count). The second-order valence-corrected chi connectivity index (χ2v) is 10.1. The molecular weight excluding hydrogens is 490 g/mol. The maximum atomic E-state index is 13.4. The van der Waals surface area contributed by atoms with Crippen LogP contribution in [0.25, 0.3) is 0 Å². The highest BCUT2D eigenvalue weighted by atomic mass is 35.5. The molecule has 0 radical (unpaired) electrons. The van der Waals surface area contributed by atoms with Crippen molar-refractivity contribution in [3.63, 3.8) is 0 Å². The molecule has 0 spiro atoms. The van der Waals surface area contributed by atoms with E-state index in [9.17, 15) is 19.2 Å². The molecule has 6 nitrogen and oxygen atoms in total. The summed E-state index contributed by atoms with van der Waals surface area (Å²) in [5, 5.41) is 0.499. The Morgan fingerprint density at radius 1 is 0.865 bits per heavy atom. The molecule has 3 aromatic rings. The minimum absolute atomic E-state index is 0.158. The summed E-state index contributed by atoms with van der Waals surface area (Å²) >= 11 is 5.88. The predicted octanol–water partition coefficient (Wildman–Crippen LogP) is 5.84. The van der Waals surface area contributed by atoms with E-state index in [1.165, 1.54) is 29.5 Å². The number of rotatable bonds is 6. The summed E-state index contributed by atoms with van der Waals surface area (Å²) in [4.78, 5) is 53.3. The first kappa shape index (κ1) is 24.9. The highest BCUT2D eigenvalue weighted by molar-refractivity contribution is 6.30. The van der Waals surface area contributed by atoms with Gasteiger partial charge in [-0.3, -0.25) is 19.3 Å². The van der Waals surface area contributed by atoms with Gasteiger partial charge in [0.1, 0.15) is 0 Å². The van der Waals surface area contributed by atoms with Gasteiger partial charge in [0.05, 0.1) is 23.1 Å². The van der Waals surface area contributed by atoms with Gasteiger partial charge in [0.15, 0.2) is 6.10 Å². The molecule has 1 aliphatic carbocycles. The lowest BCUT2D eigenvalue weighted by molar-refractivity contribution is -0.122. The van der Waals surface area contributed by atoms with Crippen molar-refractivity contribution in [3.8, 4) is 0 Å². The maximum absolute atomic E-state index is 13.4. The number of hydrogen-bond donors (Lipinski definition) is 0. The third-order valence-electron chi connectivity index (χ3n) is 7.32. The molecule has 2 amide bonds. The van der Waals surface area contributed by atoms with E-state index in [0.717, 1.165) is 6.42 Å². The van der Waals surface area contributed by atoms with Crippen LogP contribution < -0.4 is 4.90 Å². The Morgan fingerprint density at radius 2 is 1.57 bits per heavy atom. The molecule has 1 saturated carbocycles. The molecule has 3 aromatic carbocycles. The summed E-state index contributed by atoms with van der Waals surface area (Å²) in [6.07, 6.45) is 1.11. The Kier molecular flexibility index (Phi) is 6.94. The van der Waals surface area contributed by atoms with Gasteiger partial charge in [0.25, 0.3) is 0 Å². The van der Waals surface area contributed by atoms with Crippen LogP contribution in [0.2, 0.25) is 5.02 Å². The van der Waals surface area contributed by atoms with Crippen molar-refractivity contribution in [3.05, 3.63) is 101 Å². The minimum atomic E-state index is -1.02. The van der Waals surface area contributed by atoms with Gasteiger partial charge in [-0.05, 0) is 80.1 Å². The molecule has 0 aromatic heterocycles. The number of ether oxygens (including phenoxy) is 1. The summed E-state index contributed by atoms with van der Waals surface area (Å²) in [5.74, 6) is -2.01. The smallest absolute Gasteiger partial charge is 0.338 e. The van der Waals surface area contributed by atoms with Gasteiger partial charge in [0.2, 0.25) is 17.6 Å². The summed E-state index contributed by atoms with van der Waals surface area (Å²) < 4.78 is 5.40. The third kappa shape index (κ3) is 4.94. The van der Waals surface area contributed by atoms with Crippen LogP contribution in [0, 0.1) is 11.8 Å². The highest BCUT2D eigenvalue weighted by Gasteiger charge is 2.50. The summed E-state index contributed by atoms with van der Waals surface area (Å²) in [7, 11) is 0. The number of anilines is 1. The predicted molar refractivity (Wildman–Crippen MR) is 140 cm³/mol. The molecule has 0 N–H and O–H groups in total. The fraction of sp³-hybridized carbons (Fsp3) is 0.267. The number of esters is 1. The first-order chi connectivity index (χ1) is 17.8. The van der Waals surface area contributed by atoms with Crippen LogP contribution in [-0.2, 0) is 14.3 Å². The first-order valence-corrected chi connectivity index (χ1v) is 12.7. The van der Waals surface area contributed by atoms with E-state index in [-0.39, 0.29) is 40.9 Å². The third-order valence-corrected chi connectivity index (χ3v) is 7.57. The van der Waals surface area contributed by atoms with Crippen molar-refractivity contribution in [2.45, 2.75) is 38.2 Å². The number of Topliss-reactive ketones (excluding diaryl/α,β-unsaturated/α-hetero) is 1. The average Bonchev–Trinajstić information content (AvgIpc) is 3.18. The van der Waals surface area contributed by atoms with Crippen molar-refractivity contribution in [2.75, 3.05) is 4.90 Å². The Balaban J connectivity index is 1.30. The zero-order valence-electron chi connectivity index (χ0n) is 20.3. The molecule has 1 aliphatic heterocycles. The van der Waals surface area contributed by atoms with Crippen LogP contribution in [0.1, 0.15) is 58.4 Å². The molecule has 1 heterocycles. The van der Waals surface area contributed by atoms with E-state index in [1.54, 1.807) is 36.4 Å². The van der Waals surface area contributed by atoms with Gasteiger partial charge in [-0.2, -0.15) is 0 Å². The van der Waals surface area contributed by atoms with Crippen LogP contribution in [0.15, 0.2) is 78.9 Å². The molecule has 2 fully saturated rings. The molecule has 2 aliphatic rings. The second-order valence-electron chi connectivity index (χ2n) is 9.61. The molecule has 1 saturated heterocycles. The summed E-state index contributed by atoms with van der Waals surface area (Å²) in [5.41, 5.74) is 2.06. The van der Waals surface area contributed by atoms with Gasteiger partial charge >= 0.3 is 5.97 Å². The van der Waals surface area contributed by atoms with Crippen molar-refractivity contribution < 1.29 is 23.9 Å². The average molecular weight is 516 g/mol. The zero-order valence-corrected chi connectivity index (χ0v) is 21.1. The lowest BCUT2D eigenvalue weighted by atomic mass is 9.73. The quantitative estimate of drug-likeness (QED) is 0.234. The number of hydrogen-bond acceptors (Lipinski definition) is 5. The Hall–Kier alpha value is -3.77. The van der Waals surface area contributed by atoms with E-state index >= 15 is 0 Å². The summed E-state index contributed by atoms with van der Waals surface area (Å²) in [6.45, 7) is 1.50. The van der Waals surface area contributed by atoms with Gasteiger partial charge in [-0.25, -0.2) is 4.79 Å². The van der Waals surface area contributed by atoms with Crippen molar-refractivity contribution in [2.24, 2.45) is 11.8 Å². The highest BCUT2D eigenvalue weighted by Crippen LogP contribution is 2.45. The van der Waals surface area contributed by atoms with Crippen LogP contribution in [0.4, 0.5) is 5.69 Å². The standard InChI is InChI=1S/C30H26ClNO5/c1-18(27(33)20-10-13-23(31)14-11-20)37-30(36)22-8-5-9-24(16-22)32-28(34)25-15-12-21(17-26(25)29(32)35)19-6-3-2-4-7-19/h2-11,13-14,16,18,21,25-26H,12,15,17H2,1H3/t18-,21-,25-,26-/m0/s1. The number of nitrogens with zero attached hydrogens (tertiary/aromatic N) is 1. The summed E-state index contributed by atoms with van der Waals surface area (Å²) in [6, 6.07) is 22.7. The number of carbonyl (C=O) groups is 4. The Labute approximate surface area is 220 Å².